The zero-order valence-corrected chi connectivity index (χ0v) is 17.9. The van der Waals surface area contributed by atoms with Crippen molar-refractivity contribution in [1.82, 2.24) is 19.5 Å². The van der Waals surface area contributed by atoms with Crippen LogP contribution >= 0.6 is 0 Å². The molecule has 34 heavy (non-hydrogen) atoms. The number of H-pyrrole nitrogens is 1. The molecule has 0 saturated heterocycles. The van der Waals surface area contributed by atoms with Crippen molar-refractivity contribution in [3.05, 3.63) is 78.9 Å². The fraction of sp³-hybridized carbons (Fsp3) is 0.286. The number of aryl methyl sites for hydroxylation is 2. The number of nitrogens with zero attached hydrogens (tertiary/aromatic N) is 4. The summed E-state index contributed by atoms with van der Waals surface area (Å²) in [6, 6.07) is 2.42. The lowest BCUT2D eigenvalue weighted by Gasteiger charge is -2.17. The van der Waals surface area contributed by atoms with Crippen LogP contribution in [0, 0.1) is 31.0 Å². The zero-order chi connectivity index (χ0) is 25.4. The number of hydrogen-bond acceptors (Lipinski definition) is 6. The molecule has 0 saturated carbocycles. The van der Waals surface area contributed by atoms with Gasteiger partial charge in [-0.1, -0.05) is 0 Å². The van der Waals surface area contributed by atoms with Crippen molar-refractivity contribution in [1.29, 1.82) is 5.26 Å². The molecule has 1 N–H and O–H groups in total. The molecular weight excluding hydrogens is 465 g/mol. The molecule has 0 amide bonds. The molecule has 13 heteroatoms. The van der Waals surface area contributed by atoms with Crippen LogP contribution in [0.25, 0.3) is 0 Å². The van der Waals surface area contributed by atoms with E-state index in [1.54, 1.807) is 0 Å². The fourth-order valence-corrected chi connectivity index (χ4v) is 3.11. The van der Waals surface area contributed by atoms with E-state index in [2.05, 4.69) is 15.0 Å². The van der Waals surface area contributed by atoms with Gasteiger partial charge in [-0.3, -0.25) is 14.2 Å². The number of rotatable bonds is 6. The molecule has 2 aromatic heterocycles. The third kappa shape index (κ3) is 4.80. The van der Waals surface area contributed by atoms with Gasteiger partial charge in [-0.15, -0.1) is 0 Å². The van der Waals surface area contributed by atoms with Crippen molar-refractivity contribution in [3.8, 4) is 17.6 Å². The summed E-state index contributed by atoms with van der Waals surface area (Å²) in [6.07, 6.45) is -2.40. The Morgan fingerprint density at radius 1 is 1.26 bits per heavy atom. The molecule has 178 valence electrons. The Kier molecular flexibility index (Phi) is 6.53. The molecule has 0 fully saturated rings. The summed E-state index contributed by atoms with van der Waals surface area (Å²) in [4.78, 5) is 35.3. The van der Waals surface area contributed by atoms with Gasteiger partial charge in [0.15, 0.2) is 17.3 Å². The highest BCUT2D eigenvalue weighted by Crippen LogP contribution is 2.36. The van der Waals surface area contributed by atoms with Crippen molar-refractivity contribution in [2.24, 2.45) is 0 Å². The maximum Gasteiger partial charge on any atom is 0.297 e. The molecule has 0 atom stereocenters. The van der Waals surface area contributed by atoms with E-state index in [0.717, 1.165) is 10.9 Å². The highest BCUT2D eigenvalue weighted by atomic mass is 19.3. The normalized spacial score (nSPS) is 11.5. The van der Waals surface area contributed by atoms with Crippen LogP contribution in [0.1, 0.15) is 47.3 Å². The van der Waals surface area contributed by atoms with E-state index in [1.807, 2.05) is 0 Å². The first kappa shape index (κ1) is 24.6. The highest BCUT2D eigenvalue weighted by Gasteiger charge is 2.34. The maximum absolute atomic E-state index is 14.6. The highest BCUT2D eigenvalue weighted by molar-refractivity contribution is 5.45. The summed E-state index contributed by atoms with van der Waals surface area (Å²) in [7, 11) is 0. The monoisotopic (exact) mass is 481 g/mol. The van der Waals surface area contributed by atoms with Gasteiger partial charge in [-0.2, -0.15) is 14.0 Å². The SMILES string of the molecule is Cc1nc(C)c(Cn2cnc(C(C)(F)F)c(Oc3cc(C(F)F)cc(C#N)c3F)c2=O)c(=O)[nH]1. The third-order valence-electron chi connectivity index (χ3n) is 4.73. The van der Waals surface area contributed by atoms with Crippen LogP contribution < -0.4 is 15.9 Å². The summed E-state index contributed by atoms with van der Waals surface area (Å²) >= 11 is 0. The van der Waals surface area contributed by atoms with Gasteiger partial charge in [0.1, 0.15) is 11.9 Å². The Bertz CT molecular complexity index is 1420. The molecule has 1 aromatic carbocycles. The second-order valence-electron chi connectivity index (χ2n) is 7.35. The van der Waals surface area contributed by atoms with Crippen LogP contribution in [0.5, 0.6) is 11.5 Å². The van der Waals surface area contributed by atoms with E-state index < -0.39 is 64.1 Å². The van der Waals surface area contributed by atoms with Gasteiger partial charge in [0.25, 0.3) is 23.5 Å². The molecule has 8 nitrogen and oxygen atoms in total. The number of ether oxygens (including phenoxy) is 1. The number of aromatic amines is 1. The van der Waals surface area contributed by atoms with E-state index in [1.165, 1.54) is 19.9 Å². The average Bonchev–Trinajstić information content (AvgIpc) is 2.73. The van der Waals surface area contributed by atoms with Crippen molar-refractivity contribution < 1.29 is 26.7 Å². The Balaban J connectivity index is 2.20. The number of nitriles is 1. The van der Waals surface area contributed by atoms with Gasteiger partial charge < -0.3 is 9.72 Å². The summed E-state index contributed by atoms with van der Waals surface area (Å²) in [5.74, 6) is -7.06. The minimum atomic E-state index is -3.75. The van der Waals surface area contributed by atoms with Crippen molar-refractivity contribution in [2.45, 2.75) is 39.7 Å². The topological polar surface area (TPSA) is 114 Å². The van der Waals surface area contributed by atoms with Gasteiger partial charge in [-0.25, -0.2) is 23.1 Å². The summed E-state index contributed by atoms with van der Waals surface area (Å²) in [5, 5.41) is 9.01. The van der Waals surface area contributed by atoms with Crippen LogP contribution in [0.3, 0.4) is 0 Å². The van der Waals surface area contributed by atoms with Gasteiger partial charge in [0.05, 0.1) is 24.0 Å². The predicted molar refractivity (Wildman–Crippen MR) is 108 cm³/mol. The fourth-order valence-electron chi connectivity index (χ4n) is 3.11. The standard InChI is InChI=1S/C21H16F5N5O3/c1-9-13(19(32)30-10(2)29-9)7-31-8-28-17(21(3,25)26)16(20(31)33)34-14-5-11(18(23)24)4-12(6-27)15(14)22/h4-5,8,18H,7H2,1-3H3,(H,29,30,32). The summed E-state index contributed by atoms with van der Waals surface area (Å²) in [6.45, 7) is 2.98. The number of nitrogens with one attached hydrogen (secondary N) is 1. The summed E-state index contributed by atoms with van der Waals surface area (Å²) < 4.78 is 75.0. The van der Waals surface area contributed by atoms with Crippen molar-refractivity contribution in [2.75, 3.05) is 0 Å². The average molecular weight is 481 g/mol. The zero-order valence-electron chi connectivity index (χ0n) is 17.9. The predicted octanol–water partition coefficient (Wildman–Crippen LogP) is 3.84. The minimum Gasteiger partial charge on any atom is -0.446 e. The third-order valence-corrected chi connectivity index (χ3v) is 4.73. The van der Waals surface area contributed by atoms with E-state index in [4.69, 9.17) is 10.00 Å². The van der Waals surface area contributed by atoms with Crippen LogP contribution in [0.2, 0.25) is 0 Å². The number of benzene rings is 1. The van der Waals surface area contributed by atoms with E-state index >= 15 is 0 Å². The van der Waals surface area contributed by atoms with Crippen LogP contribution in [0.4, 0.5) is 22.0 Å². The van der Waals surface area contributed by atoms with E-state index in [0.29, 0.717) is 24.9 Å². The maximum atomic E-state index is 14.6. The second-order valence-corrected chi connectivity index (χ2v) is 7.35. The lowest BCUT2D eigenvalue weighted by molar-refractivity contribution is 0.0100. The molecular formula is C21H16F5N5O3. The lowest BCUT2D eigenvalue weighted by atomic mass is 10.1. The first-order chi connectivity index (χ1) is 15.8. The molecule has 0 aliphatic carbocycles. The number of aromatic nitrogens is 4. The molecule has 2 heterocycles. The number of alkyl halides is 4. The van der Waals surface area contributed by atoms with E-state index in [9.17, 15) is 31.5 Å². The molecule has 0 spiro atoms. The Hall–Kier alpha value is -4.08. The lowest BCUT2D eigenvalue weighted by Crippen LogP contribution is -2.30. The second kappa shape index (κ2) is 9.05. The van der Waals surface area contributed by atoms with Crippen molar-refractivity contribution >= 4 is 0 Å². The Labute approximate surface area is 188 Å². The van der Waals surface area contributed by atoms with Gasteiger partial charge in [0, 0.05) is 18.2 Å². The molecule has 0 aliphatic rings. The van der Waals surface area contributed by atoms with Gasteiger partial charge >= 0.3 is 0 Å². The molecule has 3 rings (SSSR count). The van der Waals surface area contributed by atoms with Gasteiger partial charge in [-0.05, 0) is 26.0 Å². The van der Waals surface area contributed by atoms with Crippen LogP contribution in [-0.4, -0.2) is 19.5 Å². The Morgan fingerprint density at radius 3 is 2.50 bits per heavy atom. The van der Waals surface area contributed by atoms with Crippen LogP contribution in [0.15, 0.2) is 28.0 Å². The van der Waals surface area contributed by atoms with Crippen LogP contribution in [-0.2, 0) is 12.5 Å². The molecule has 0 aliphatic heterocycles. The largest absolute Gasteiger partial charge is 0.446 e. The smallest absolute Gasteiger partial charge is 0.297 e. The molecule has 0 unspecified atom stereocenters. The molecule has 3 aromatic rings. The number of halogens is 5. The first-order valence-corrected chi connectivity index (χ1v) is 9.57. The quantitative estimate of drug-likeness (QED) is 0.535. The first-order valence-electron chi connectivity index (χ1n) is 9.57. The molecule has 0 radical (unpaired) electrons. The van der Waals surface area contributed by atoms with E-state index in [-0.39, 0.29) is 11.3 Å². The van der Waals surface area contributed by atoms with Crippen molar-refractivity contribution in [3.63, 3.8) is 0 Å². The number of hydrogen-bond donors (Lipinski definition) is 1. The van der Waals surface area contributed by atoms with Gasteiger partial charge in [0.2, 0.25) is 5.75 Å². The molecule has 0 bridgehead atoms. The minimum absolute atomic E-state index is 0.0223. The summed E-state index contributed by atoms with van der Waals surface area (Å²) in [5.41, 5.74) is -4.40. The Morgan fingerprint density at radius 2 is 1.94 bits per heavy atom.